The van der Waals surface area contributed by atoms with Crippen molar-refractivity contribution >= 4 is 22.8 Å². The van der Waals surface area contributed by atoms with Gasteiger partial charge in [0.25, 0.3) is 5.91 Å². The molecule has 3 aromatic heterocycles. The Hall–Kier alpha value is -3.55. The average Bonchev–Trinajstić information content (AvgIpc) is 3.26. The van der Waals surface area contributed by atoms with Crippen LogP contribution in [-0.2, 0) is 13.1 Å². The first-order chi connectivity index (χ1) is 15.4. The van der Waals surface area contributed by atoms with E-state index in [1.807, 2.05) is 25.5 Å². The zero-order valence-electron chi connectivity index (χ0n) is 18.8. The molecule has 0 fully saturated rings. The normalized spacial score (nSPS) is 11.3. The Balaban J connectivity index is 1.62. The first kappa shape index (κ1) is 21.7. The summed E-state index contributed by atoms with van der Waals surface area (Å²) in [7, 11) is 0. The van der Waals surface area contributed by atoms with E-state index in [0.717, 1.165) is 47.5 Å². The van der Waals surface area contributed by atoms with Crippen LogP contribution in [0.3, 0.4) is 0 Å². The van der Waals surface area contributed by atoms with Gasteiger partial charge in [-0.25, -0.2) is 14.1 Å². The van der Waals surface area contributed by atoms with Gasteiger partial charge in [0.15, 0.2) is 11.5 Å². The third kappa shape index (κ3) is 4.26. The highest BCUT2D eigenvalue weighted by Crippen LogP contribution is 2.24. The number of hydrogen-bond acceptors (Lipinski definition) is 4. The van der Waals surface area contributed by atoms with Gasteiger partial charge in [0.1, 0.15) is 5.82 Å². The molecule has 4 rings (SSSR count). The number of halogens is 1. The molecule has 1 amide bonds. The van der Waals surface area contributed by atoms with Crippen LogP contribution in [-0.4, -0.2) is 30.5 Å². The van der Waals surface area contributed by atoms with Crippen LogP contribution < -0.4 is 5.32 Å². The lowest BCUT2D eigenvalue weighted by atomic mass is 10.1. The molecule has 0 bridgehead atoms. The van der Waals surface area contributed by atoms with E-state index in [2.05, 4.69) is 27.4 Å². The molecule has 4 aromatic rings. The van der Waals surface area contributed by atoms with Crippen molar-refractivity contribution in [1.82, 2.24) is 24.5 Å². The van der Waals surface area contributed by atoms with Crippen molar-refractivity contribution < 1.29 is 9.18 Å². The van der Waals surface area contributed by atoms with Gasteiger partial charge in [-0.15, -0.1) is 0 Å². The third-order valence-corrected chi connectivity index (χ3v) is 5.47. The van der Waals surface area contributed by atoms with Crippen molar-refractivity contribution in [2.45, 2.75) is 53.6 Å². The quantitative estimate of drug-likeness (QED) is 0.454. The number of carbonyl (C=O) groups excluding carboxylic acids is 1. The summed E-state index contributed by atoms with van der Waals surface area (Å²) >= 11 is 0. The number of anilines is 1. The fourth-order valence-electron chi connectivity index (χ4n) is 3.82. The predicted octanol–water partition coefficient (Wildman–Crippen LogP) is 4.79. The van der Waals surface area contributed by atoms with Gasteiger partial charge in [-0.3, -0.25) is 9.48 Å². The van der Waals surface area contributed by atoms with E-state index in [4.69, 9.17) is 0 Å². The molecule has 0 unspecified atom stereocenters. The number of carbonyl (C=O) groups is 1. The fourth-order valence-corrected chi connectivity index (χ4v) is 3.82. The Morgan fingerprint density at radius 3 is 2.62 bits per heavy atom. The van der Waals surface area contributed by atoms with Crippen LogP contribution in [0, 0.1) is 26.6 Å². The van der Waals surface area contributed by atoms with Gasteiger partial charge in [-0.1, -0.05) is 31.5 Å². The second-order valence-corrected chi connectivity index (χ2v) is 8.05. The standard InChI is InChI=1S/C24H27FN6O/c1-5-6-11-30-23-22(17(4)28-30)19(12-15(2)26-23)24(32)27-21-13-16(3)31(29-21)14-18-9-7-8-10-20(18)25/h7-10,12-13H,5-6,11,14H2,1-4H3,(H,27,29,32). The maximum atomic E-state index is 14.0. The number of unbranched alkanes of at least 4 members (excludes halogenated alkanes) is 1. The van der Waals surface area contributed by atoms with Crippen LogP contribution in [0.5, 0.6) is 0 Å². The average molecular weight is 435 g/mol. The summed E-state index contributed by atoms with van der Waals surface area (Å²) in [6.45, 7) is 8.82. The minimum Gasteiger partial charge on any atom is -0.305 e. The summed E-state index contributed by atoms with van der Waals surface area (Å²) in [5, 5.41) is 12.7. The van der Waals surface area contributed by atoms with Gasteiger partial charge in [-0.2, -0.15) is 10.2 Å². The van der Waals surface area contributed by atoms with Gasteiger partial charge < -0.3 is 5.32 Å². The molecule has 166 valence electrons. The van der Waals surface area contributed by atoms with Crippen LogP contribution >= 0.6 is 0 Å². The molecule has 7 nitrogen and oxygen atoms in total. The molecule has 1 N–H and O–H groups in total. The maximum absolute atomic E-state index is 14.0. The lowest BCUT2D eigenvalue weighted by Crippen LogP contribution is -2.14. The van der Waals surface area contributed by atoms with E-state index in [0.29, 0.717) is 16.9 Å². The van der Waals surface area contributed by atoms with E-state index < -0.39 is 0 Å². The Kier molecular flexibility index (Phi) is 6.03. The first-order valence-electron chi connectivity index (χ1n) is 10.8. The summed E-state index contributed by atoms with van der Waals surface area (Å²) in [4.78, 5) is 17.8. The smallest absolute Gasteiger partial charge is 0.257 e. The molecule has 0 saturated carbocycles. The minimum atomic E-state index is -0.279. The molecular weight excluding hydrogens is 407 g/mol. The molecule has 1 aromatic carbocycles. The lowest BCUT2D eigenvalue weighted by Gasteiger charge is -2.07. The number of rotatable bonds is 7. The molecule has 0 saturated heterocycles. The Morgan fingerprint density at radius 2 is 1.88 bits per heavy atom. The van der Waals surface area contributed by atoms with Gasteiger partial charge in [0.05, 0.1) is 23.2 Å². The molecule has 3 heterocycles. The number of pyridine rings is 1. The van der Waals surface area contributed by atoms with E-state index in [9.17, 15) is 9.18 Å². The predicted molar refractivity (Wildman–Crippen MR) is 122 cm³/mol. The topological polar surface area (TPSA) is 77.6 Å². The number of nitrogens with one attached hydrogen (secondary N) is 1. The fraction of sp³-hybridized carbons (Fsp3) is 0.333. The maximum Gasteiger partial charge on any atom is 0.257 e. The molecule has 0 aliphatic rings. The lowest BCUT2D eigenvalue weighted by molar-refractivity contribution is 0.102. The van der Waals surface area contributed by atoms with Crippen LogP contribution in [0.25, 0.3) is 11.0 Å². The van der Waals surface area contributed by atoms with E-state index in [-0.39, 0.29) is 18.3 Å². The number of fused-ring (bicyclic) bond motifs is 1. The monoisotopic (exact) mass is 434 g/mol. The first-order valence-corrected chi connectivity index (χ1v) is 10.8. The van der Waals surface area contributed by atoms with Gasteiger partial charge in [-0.05, 0) is 39.3 Å². The Labute approximate surface area is 186 Å². The molecular formula is C24H27FN6O. The zero-order valence-corrected chi connectivity index (χ0v) is 18.8. The second-order valence-electron chi connectivity index (χ2n) is 8.05. The number of amides is 1. The van der Waals surface area contributed by atoms with Crippen molar-refractivity contribution in [1.29, 1.82) is 0 Å². The SMILES string of the molecule is CCCCn1nc(C)c2c(C(=O)Nc3cc(C)n(Cc4ccccc4F)n3)cc(C)nc21. The van der Waals surface area contributed by atoms with Crippen molar-refractivity contribution in [2.75, 3.05) is 5.32 Å². The summed E-state index contributed by atoms with van der Waals surface area (Å²) in [5.41, 5.74) is 4.13. The van der Waals surface area contributed by atoms with E-state index in [1.54, 1.807) is 35.0 Å². The summed E-state index contributed by atoms with van der Waals surface area (Å²) < 4.78 is 17.6. The van der Waals surface area contributed by atoms with Crippen LogP contribution in [0.1, 0.15) is 52.8 Å². The molecule has 8 heteroatoms. The molecule has 0 aliphatic heterocycles. The van der Waals surface area contributed by atoms with Gasteiger partial charge >= 0.3 is 0 Å². The molecule has 0 atom stereocenters. The van der Waals surface area contributed by atoms with Crippen molar-refractivity contribution in [3.63, 3.8) is 0 Å². The van der Waals surface area contributed by atoms with Crippen LogP contribution in [0.2, 0.25) is 0 Å². The van der Waals surface area contributed by atoms with Crippen LogP contribution in [0.4, 0.5) is 10.2 Å². The number of aromatic nitrogens is 5. The van der Waals surface area contributed by atoms with E-state index >= 15 is 0 Å². The summed E-state index contributed by atoms with van der Waals surface area (Å²) in [6.07, 6.45) is 2.04. The third-order valence-electron chi connectivity index (χ3n) is 5.47. The Morgan fingerprint density at radius 1 is 1.09 bits per heavy atom. The van der Waals surface area contributed by atoms with Crippen LogP contribution in [0.15, 0.2) is 36.4 Å². The van der Waals surface area contributed by atoms with Gasteiger partial charge in [0.2, 0.25) is 0 Å². The van der Waals surface area contributed by atoms with Gasteiger partial charge in [0, 0.05) is 29.6 Å². The highest BCUT2D eigenvalue weighted by Gasteiger charge is 2.20. The molecule has 0 aliphatic carbocycles. The number of aryl methyl sites for hydroxylation is 4. The van der Waals surface area contributed by atoms with Crippen molar-refractivity contribution in [3.8, 4) is 0 Å². The number of nitrogens with zero attached hydrogens (tertiary/aromatic N) is 5. The highest BCUT2D eigenvalue weighted by molar-refractivity contribution is 6.12. The van der Waals surface area contributed by atoms with E-state index in [1.165, 1.54) is 6.07 Å². The number of benzene rings is 1. The molecule has 0 spiro atoms. The Bertz CT molecular complexity index is 1290. The minimum absolute atomic E-state index is 0.269. The molecule has 0 radical (unpaired) electrons. The van der Waals surface area contributed by atoms with Crippen molar-refractivity contribution in [3.05, 3.63) is 70.4 Å². The van der Waals surface area contributed by atoms with Crippen molar-refractivity contribution in [2.24, 2.45) is 0 Å². The highest BCUT2D eigenvalue weighted by atomic mass is 19.1. The summed E-state index contributed by atoms with van der Waals surface area (Å²) in [6, 6.07) is 10.2. The molecule has 32 heavy (non-hydrogen) atoms. The second kappa shape index (κ2) is 8.90. The zero-order chi connectivity index (χ0) is 22.8. The largest absolute Gasteiger partial charge is 0.305 e. The number of hydrogen-bond donors (Lipinski definition) is 1. The summed E-state index contributed by atoms with van der Waals surface area (Å²) in [5.74, 6) is -0.130.